The van der Waals surface area contributed by atoms with Gasteiger partial charge in [0.15, 0.2) is 41.7 Å². The molecule has 45 heavy (non-hydrogen) atoms. The molecule has 2 aliphatic heterocycles. The number of benzene rings is 2. The van der Waals surface area contributed by atoms with Crippen LogP contribution >= 0.6 is 0 Å². The van der Waals surface area contributed by atoms with Crippen molar-refractivity contribution >= 4 is 12.0 Å². The number of aliphatic hydroxyl groups is 5. The molecule has 0 amide bonds. The van der Waals surface area contributed by atoms with E-state index < -0.39 is 97.0 Å². The molecule has 2 heterocycles. The summed E-state index contributed by atoms with van der Waals surface area (Å²) in [5.41, 5.74) is 0.498. The minimum Gasteiger partial charge on any atom is -0.504 e. The summed E-state index contributed by atoms with van der Waals surface area (Å²) in [6, 6.07) is 6.27. The molecule has 10 N–H and O–H groups in total. The van der Waals surface area contributed by atoms with Gasteiger partial charge in [0.2, 0.25) is 5.75 Å². The largest absolute Gasteiger partial charge is 0.504 e. The van der Waals surface area contributed by atoms with Crippen LogP contribution in [0.25, 0.3) is 6.08 Å². The predicted molar refractivity (Wildman–Crippen MR) is 149 cm³/mol. The number of esters is 1. The summed E-state index contributed by atoms with van der Waals surface area (Å²) >= 11 is 0. The fourth-order valence-electron chi connectivity index (χ4n) is 4.84. The van der Waals surface area contributed by atoms with Crippen LogP contribution in [0, 0.1) is 0 Å². The Labute approximate surface area is 256 Å². The van der Waals surface area contributed by atoms with E-state index in [1.54, 1.807) is 0 Å². The number of carbonyl (C=O) groups is 1. The number of carbonyl (C=O) groups excluding carboxylic acids is 1. The topological polar surface area (TPSA) is 266 Å². The van der Waals surface area contributed by atoms with Crippen LogP contribution in [0.1, 0.15) is 18.1 Å². The van der Waals surface area contributed by atoms with Gasteiger partial charge < -0.3 is 74.7 Å². The van der Waals surface area contributed by atoms with Gasteiger partial charge in [-0.05, 0) is 43.2 Å². The second-order valence-electron chi connectivity index (χ2n) is 10.5. The Morgan fingerprint density at radius 1 is 0.822 bits per heavy atom. The Morgan fingerprint density at radius 3 is 2.22 bits per heavy atom. The van der Waals surface area contributed by atoms with Gasteiger partial charge in [-0.15, -0.1) is 0 Å². The van der Waals surface area contributed by atoms with Crippen LogP contribution in [-0.4, -0.2) is 132 Å². The molecule has 2 aliphatic rings. The van der Waals surface area contributed by atoms with Gasteiger partial charge in [-0.2, -0.15) is 0 Å². The summed E-state index contributed by atoms with van der Waals surface area (Å²) in [4.78, 5) is 12.8. The minimum absolute atomic E-state index is 0.0381. The summed E-state index contributed by atoms with van der Waals surface area (Å²) in [6.45, 7) is 0.388. The van der Waals surface area contributed by atoms with E-state index in [0.717, 1.165) is 12.1 Å². The molecule has 16 nitrogen and oxygen atoms in total. The molecule has 4 rings (SSSR count). The summed E-state index contributed by atoms with van der Waals surface area (Å²) < 4.78 is 28.0. The van der Waals surface area contributed by atoms with E-state index in [2.05, 4.69) is 0 Å². The van der Waals surface area contributed by atoms with Gasteiger partial charge >= 0.3 is 5.97 Å². The van der Waals surface area contributed by atoms with Crippen molar-refractivity contribution in [1.29, 1.82) is 0 Å². The number of aliphatic hydroxyl groups excluding tert-OH is 5. The molecular formula is C29H36O16. The lowest BCUT2D eigenvalue weighted by Crippen LogP contribution is -2.65. The molecule has 16 heteroatoms. The van der Waals surface area contributed by atoms with Crippen LogP contribution in [0.5, 0.6) is 28.7 Å². The molecule has 0 bridgehead atoms. The highest BCUT2D eigenvalue weighted by Gasteiger charge is 2.52. The normalized spacial score (nSPS) is 32.0. The summed E-state index contributed by atoms with van der Waals surface area (Å²) in [7, 11) is 0. The van der Waals surface area contributed by atoms with Gasteiger partial charge in [-0.25, -0.2) is 4.79 Å². The Morgan fingerprint density at radius 2 is 1.53 bits per heavy atom. The molecule has 2 saturated heterocycles. The molecule has 0 saturated carbocycles. The predicted octanol–water partition coefficient (Wildman–Crippen LogP) is -1.31. The maximum atomic E-state index is 12.8. The third kappa shape index (κ3) is 7.75. The molecule has 0 aromatic heterocycles. The highest BCUT2D eigenvalue weighted by atomic mass is 16.7. The van der Waals surface area contributed by atoms with Crippen LogP contribution in [-0.2, 0) is 34.9 Å². The van der Waals surface area contributed by atoms with Crippen LogP contribution in [0.2, 0.25) is 0 Å². The molecule has 0 radical (unpaired) electrons. The third-order valence-corrected chi connectivity index (χ3v) is 7.42. The van der Waals surface area contributed by atoms with Crippen LogP contribution < -0.4 is 0 Å². The first-order chi connectivity index (χ1) is 21.3. The molecule has 0 spiro atoms. The Balaban J connectivity index is 1.53. The SMILES string of the molecule is CC1OC(OC2C(O)C(OCCc3ccc(O)c(O)c3O)OC(CO)C2OC(=O)C=Cc2ccc(O)c(O)c2)C(O)C(O)C1O. The maximum Gasteiger partial charge on any atom is 0.331 e. The first kappa shape index (κ1) is 34.2. The highest BCUT2D eigenvalue weighted by Crippen LogP contribution is 2.37. The summed E-state index contributed by atoms with van der Waals surface area (Å²) in [6.07, 6.45) is -13.3. The van der Waals surface area contributed by atoms with Crippen LogP contribution in [0.3, 0.4) is 0 Å². The van der Waals surface area contributed by atoms with Gasteiger partial charge in [-0.1, -0.05) is 12.1 Å². The minimum atomic E-state index is -1.80. The number of phenolic OH excluding ortho intramolecular Hbond substituents is 5. The van der Waals surface area contributed by atoms with Crippen molar-refractivity contribution in [2.45, 2.75) is 74.8 Å². The second-order valence-corrected chi connectivity index (χ2v) is 10.5. The zero-order chi connectivity index (χ0) is 33.0. The fourth-order valence-corrected chi connectivity index (χ4v) is 4.84. The number of hydrogen-bond donors (Lipinski definition) is 10. The smallest absolute Gasteiger partial charge is 0.331 e. The zero-order valence-electron chi connectivity index (χ0n) is 23.9. The lowest BCUT2D eigenvalue weighted by atomic mass is 9.97. The van der Waals surface area contributed by atoms with Crippen molar-refractivity contribution in [1.82, 2.24) is 0 Å². The Kier molecular flexibility index (Phi) is 11.1. The van der Waals surface area contributed by atoms with Crippen molar-refractivity contribution < 1.29 is 79.5 Å². The van der Waals surface area contributed by atoms with E-state index in [1.807, 2.05) is 0 Å². The van der Waals surface area contributed by atoms with Gasteiger partial charge in [0.05, 0.1) is 19.3 Å². The van der Waals surface area contributed by atoms with E-state index in [1.165, 1.54) is 37.3 Å². The summed E-state index contributed by atoms with van der Waals surface area (Å²) in [5, 5.41) is 101. The number of ether oxygens (including phenoxy) is 5. The second kappa shape index (κ2) is 14.6. The lowest BCUT2D eigenvalue weighted by Gasteiger charge is -2.46. The molecule has 2 fully saturated rings. The van der Waals surface area contributed by atoms with Gasteiger partial charge in [-0.3, -0.25) is 0 Å². The third-order valence-electron chi connectivity index (χ3n) is 7.42. The van der Waals surface area contributed by atoms with Crippen molar-refractivity contribution in [2.24, 2.45) is 0 Å². The first-order valence-corrected chi connectivity index (χ1v) is 13.9. The molecule has 2 aromatic rings. The number of rotatable bonds is 10. The van der Waals surface area contributed by atoms with E-state index in [9.17, 15) is 55.9 Å². The van der Waals surface area contributed by atoms with Crippen molar-refractivity contribution in [3.05, 3.63) is 47.5 Å². The highest BCUT2D eigenvalue weighted by molar-refractivity contribution is 5.87. The fraction of sp³-hybridized carbons (Fsp3) is 0.483. The number of phenols is 5. The van der Waals surface area contributed by atoms with E-state index >= 15 is 0 Å². The average Bonchev–Trinajstić information content (AvgIpc) is 3.01. The Hall–Kier alpha value is -3.71. The molecule has 0 aliphatic carbocycles. The monoisotopic (exact) mass is 640 g/mol. The quantitative estimate of drug-likeness (QED) is 0.0820. The standard InChI is InChI=1S/C29H36O16/c1-12-20(35)23(38)24(39)29(42-12)45-27-25(40)28(41-9-8-14-4-6-16(32)22(37)21(14)36)43-18(11-30)26(27)44-19(34)7-3-13-2-5-15(31)17(33)10-13/h2-7,10,12,18,20,23-33,35-40H,8-9,11H2,1H3. The van der Waals surface area contributed by atoms with E-state index in [4.69, 9.17) is 23.7 Å². The van der Waals surface area contributed by atoms with Crippen molar-refractivity contribution in [3.63, 3.8) is 0 Å². The number of aromatic hydroxyl groups is 5. The molecule has 248 valence electrons. The molecular weight excluding hydrogens is 604 g/mol. The zero-order valence-corrected chi connectivity index (χ0v) is 23.9. The van der Waals surface area contributed by atoms with Crippen molar-refractivity contribution in [2.75, 3.05) is 13.2 Å². The lowest BCUT2D eigenvalue weighted by molar-refractivity contribution is -0.357. The van der Waals surface area contributed by atoms with E-state index in [-0.39, 0.29) is 24.3 Å². The Bertz CT molecular complexity index is 1350. The molecule has 10 unspecified atom stereocenters. The van der Waals surface area contributed by atoms with Gasteiger partial charge in [0.25, 0.3) is 0 Å². The number of hydrogen-bond acceptors (Lipinski definition) is 16. The van der Waals surface area contributed by atoms with Gasteiger partial charge in [0.1, 0.15) is 36.6 Å². The van der Waals surface area contributed by atoms with Crippen LogP contribution in [0.4, 0.5) is 0 Å². The van der Waals surface area contributed by atoms with E-state index in [0.29, 0.717) is 5.56 Å². The average molecular weight is 641 g/mol. The van der Waals surface area contributed by atoms with Crippen LogP contribution in [0.15, 0.2) is 36.4 Å². The first-order valence-electron chi connectivity index (χ1n) is 13.9. The maximum absolute atomic E-state index is 12.8. The summed E-state index contributed by atoms with van der Waals surface area (Å²) in [5.74, 6) is -3.67. The molecule has 2 aromatic carbocycles. The van der Waals surface area contributed by atoms with Crippen molar-refractivity contribution in [3.8, 4) is 28.7 Å². The molecule has 10 atom stereocenters. The van der Waals surface area contributed by atoms with Gasteiger partial charge in [0, 0.05) is 11.6 Å².